The third-order valence-corrected chi connectivity index (χ3v) is 6.95. The first kappa shape index (κ1) is 23.6. The zero-order valence-electron chi connectivity index (χ0n) is 20.5. The van der Waals surface area contributed by atoms with E-state index in [1.165, 1.54) is 18.5 Å². The van der Waals surface area contributed by atoms with E-state index in [-0.39, 0.29) is 30.0 Å². The van der Waals surface area contributed by atoms with Crippen molar-refractivity contribution in [2.45, 2.75) is 18.4 Å². The van der Waals surface area contributed by atoms with E-state index in [1.54, 1.807) is 12.1 Å². The molecule has 1 aromatic heterocycles. The van der Waals surface area contributed by atoms with Crippen molar-refractivity contribution >= 4 is 17.4 Å². The molecule has 1 aliphatic rings. The van der Waals surface area contributed by atoms with Gasteiger partial charge < -0.3 is 5.32 Å². The molecule has 186 valence electrons. The SMILES string of the molecule is O=C(CC(C1=C(c2ccccc2)Nc2ncnn2C1c1ccccc1)c1ccc(F)cc1)c1ccccc1. The van der Waals surface area contributed by atoms with Crippen molar-refractivity contribution in [2.24, 2.45) is 0 Å². The number of nitrogens with zero attached hydrogens (tertiary/aromatic N) is 3. The van der Waals surface area contributed by atoms with Gasteiger partial charge in [-0.05, 0) is 34.4 Å². The summed E-state index contributed by atoms with van der Waals surface area (Å²) in [6, 6.07) is 35.5. The van der Waals surface area contributed by atoms with Gasteiger partial charge in [0, 0.05) is 17.9 Å². The van der Waals surface area contributed by atoms with Crippen molar-refractivity contribution in [3.8, 4) is 0 Å². The number of allylic oxidation sites excluding steroid dienone is 1. The van der Waals surface area contributed by atoms with Crippen molar-refractivity contribution in [3.63, 3.8) is 0 Å². The van der Waals surface area contributed by atoms with Crippen LogP contribution in [0.25, 0.3) is 5.70 Å². The lowest BCUT2D eigenvalue weighted by Gasteiger charge is -2.35. The summed E-state index contributed by atoms with van der Waals surface area (Å²) in [6.07, 6.45) is 1.74. The van der Waals surface area contributed by atoms with Gasteiger partial charge in [-0.15, -0.1) is 0 Å². The number of nitrogens with one attached hydrogen (secondary N) is 1. The maximum Gasteiger partial charge on any atom is 0.226 e. The Morgan fingerprint density at radius 2 is 1.47 bits per heavy atom. The summed E-state index contributed by atoms with van der Waals surface area (Å²) in [6.45, 7) is 0. The van der Waals surface area contributed by atoms with Gasteiger partial charge >= 0.3 is 0 Å². The first-order valence-corrected chi connectivity index (χ1v) is 12.5. The Morgan fingerprint density at radius 1 is 0.842 bits per heavy atom. The van der Waals surface area contributed by atoms with Crippen LogP contribution in [0, 0.1) is 5.82 Å². The predicted molar refractivity (Wildman–Crippen MR) is 146 cm³/mol. The van der Waals surface area contributed by atoms with Gasteiger partial charge in [-0.1, -0.05) is 103 Å². The third-order valence-electron chi connectivity index (χ3n) is 6.95. The number of fused-ring (bicyclic) bond motifs is 1. The molecule has 38 heavy (non-hydrogen) atoms. The number of carbonyl (C=O) groups is 1. The van der Waals surface area contributed by atoms with Gasteiger partial charge in [0.15, 0.2) is 5.78 Å². The highest BCUT2D eigenvalue weighted by Crippen LogP contribution is 2.46. The van der Waals surface area contributed by atoms with Crippen LogP contribution < -0.4 is 5.32 Å². The fourth-order valence-electron chi connectivity index (χ4n) is 5.18. The number of rotatable bonds is 7. The van der Waals surface area contributed by atoms with Crippen LogP contribution in [0.2, 0.25) is 0 Å². The van der Waals surface area contributed by atoms with Gasteiger partial charge in [0.05, 0.1) is 5.70 Å². The van der Waals surface area contributed by atoms with Gasteiger partial charge in [0.25, 0.3) is 0 Å². The molecule has 0 bridgehead atoms. The largest absolute Gasteiger partial charge is 0.324 e. The van der Waals surface area contributed by atoms with Crippen LogP contribution in [0.1, 0.15) is 45.4 Å². The fraction of sp³-hybridized carbons (Fsp3) is 0.0938. The molecule has 6 heteroatoms. The number of Topliss-reactive ketones (excluding diaryl/α,β-unsaturated/α-hetero) is 1. The van der Waals surface area contributed by atoms with Gasteiger partial charge in [0.2, 0.25) is 5.95 Å². The first-order valence-electron chi connectivity index (χ1n) is 12.5. The van der Waals surface area contributed by atoms with Crippen LogP contribution in [0.5, 0.6) is 0 Å². The van der Waals surface area contributed by atoms with E-state index in [1.807, 2.05) is 83.5 Å². The molecule has 2 atom stereocenters. The number of anilines is 1. The summed E-state index contributed by atoms with van der Waals surface area (Å²) in [4.78, 5) is 18.2. The molecule has 2 unspecified atom stereocenters. The van der Waals surface area contributed by atoms with Gasteiger partial charge in [0.1, 0.15) is 18.2 Å². The van der Waals surface area contributed by atoms with E-state index in [9.17, 15) is 9.18 Å². The average Bonchev–Trinajstić information content (AvgIpc) is 3.45. The second-order valence-corrected chi connectivity index (χ2v) is 9.26. The Kier molecular flexibility index (Phi) is 6.36. The van der Waals surface area contributed by atoms with E-state index in [2.05, 4.69) is 27.5 Å². The van der Waals surface area contributed by atoms with Gasteiger partial charge in [-0.25, -0.2) is 9.07 Å². The van der Waals surface area contributed by atoms with E-state index in [4.69, 9.17) is 0 Å². The molecular formula is C32H25FN4O. The smallest absolute Gasteiger partial charge is 0.226 e. The number of halogens is 1. The number of aromatic nitrogens is 3. The molecule has 6 rings (SSSR count). The summed E-state index contributed by atoms with van der Waals surface area (Å²) in [5.74, 6) is -0.0580. The van der Waals surface area contributed by atoms with Crippen LogP contribution in [0.4, 0.5) is 10.3 Å². The average molecular weight is 501 g/mol. The molecule has 0 spiro atoms. The van der Waals surface area contributed by atoms with Crippen molar-refractivity contribution in [1.29, 1.82) is 0 Å². The summed E-state index contributed by atoms with van der Waals surface area (Å²) in [7, 11) is 0. The van der Waals surface area contributed by atoms with Crippen molar-refractivity contribution in [3.05, 3.63) is 155 Å². The Hall–Kier alpha value is -4.84. The minimum atomic E-state index is -0.367. The molecule has 4 aromatic carbocycles. The van der Waals surface area contributed by atoms with Crippen molar-refractivity contribution in [2.75, 3.05) is 5.32 Å². The molecule has 1 N–H and O–H groups in total. The molecule has 0 radical (unpaired) electrons. The van der Waals surface area contributed by atoms with E-state index in [0.29, 0.717) is 11.5 Å². The number of benzene rings is 4. The zero-order chi connectivity index (χ0) is 25.9. The highest BCUT2D eigenvalue weighted by atomic mass is 19.1. The van der Waals surface area contributed by atoms with Crippen LogP contribution in [0.15, 0.2) is 127 Å². The van der Waals surface area contributed by atoms with Crippen molar-refractivity contribution < 1.29 is 9.18 Å². The molecule has 1 aliphatic heterocycles. The summed E-state index contributed by atoms with van der Waals surface area (Å²) >= 11 is 0. The van der Waals surface area contributed by atoms with E-state index < -0.39 is 0 Å². The highest BCUT2D eigenvalue weighted by Gasteiger charge is 2.37. The minimum Gasteiger partial charge on any atom is -0.324 e. The Morgan fingerprint density at radius 3 is 2.16 bits per heavy atom. The van der Waals surface area contributed by atoms with Crippen LogP contribution in [0.3, 0.4) is 0 Å². The third kappa shape index (κ3) is 4.52. The minimum absolute atomic E-state index is 0.0102. The molecular weight excluding hydrogens is 475 g/mol. The number of hydrogen-bond donors (Lipinski definition) is 1. The Bertz CT molecular complexity index is 1580. The maximum atomic E-state index is 14.0. The molecule has 5 aromatic rings. The summed E-state index contributed by atoms with van der Waals surface area (Å²) in [5.41, 5.74) is 5.32. The summed E-state index contributed by atoms with van der Waals surface area (Å²) < 4.78 is 15.9. The lowest BCUT2D eigenvalue weighted by Crippen LogP contribution is -2.29. The molecule has 0 saturated heterocycles. The molecule has 5 nitrogen and oxygen atoms in total. The fourth-order valence-corrected chi connectivity index (χ4v) is 5.18. The van der Waals surface area contributed by atoms with Gasteiger partial charge in [-0.3, -0.25) is 4.79 Å². The molecule has 0 amide bonds. The second kappa shape index (κ2) is 10.3. The lowest BCUT2D eigenvalue weighted by molar-refractivity contribution is 0.0976. The zero-order valence-corrected chi connectivity index (χ0v) is 20.5. The second-order valence-electron chi connectivity index (χ2n) is 9.26. The van der Waals surface area contributed by atoms with Crippen LogP contribution >= 0.6 is 0 Å². The van der Waals surface area contributed by atoms with Crippen LogP contribution in [-0.2, 0) is 0 Å². The molecule has 0 fully saturated rings. The molecule has 0 aliphatic carbocycles. The number of carbonyl (C=O) groups excluding carboxylic acids is 1. The van der Waals surface area contributed by atoms with E-state index in [0.717, 1.165) is 28.0 Å². The first-order chi connectivity index (χ1) is 18.7. The van der Waals surface area contributed by atoms with Crippen molar-refractivity contribution in [1.82, 2.24) is 14.8 Å². The predicted octanol–water partition coefficient (Wildman–Crippen LogP) is 6.90. The topological polar surface area (TPSA) is 59.8 Å². The van der Waals surface area contributed by atoms with E-state index >= 15 is 0 Å². The molecule has 0 saturated carbocycles. The quantitative estimate of drug-likeness (QED) is 0.247. The lowest BCUT2D eigenvalue weighted by atomic mass is 9.77. The highest BCUT2D eigenvalue weighted by molar-refractivity contribution is 5.97. The van der Waals surface area contributed by atoms with Crippen LogP contribution in [-0.4, -0.2) is 20.5 Å². The maximum absolute atomic E-state index is 14.0. The Labute approximate surface area is 220 Å². The monoisotopic (exact) mass is 500 g/mol. The van der Waals surface area contributed by atoms with Gasteiger partial charge in [-0.2, -0.15) is 10.1 Å². The Balaban J connectivity index is 1.60. The standard InChI is InChI=1S/C32H25FN4O/c33-26-18-16-22(17-19-26)27(20-28(38)23-10-4-1-5-11-23)29-30(24-12-6-2-7-13-24)36-32-34-21-35-37(32)31(29)25-14-8-3-9-15-25/h1-19,21,27,31H,20H2,(H,34,35,36). The summed E-state index contributed by atoms with van der Waals surface area (Å²) in [5, 5.41) is 8.09. The number of hydrogen-bond acceptors (Lipinski definition) is 4. The molecule has 2 heterocycles. The number of ketones is 1. The normalized spacial score (nSPS) is 15.4.